The number of nitrogens with one attached hydrogen (secondary N) is 2. The number of urea groups is 1. The maximum absolute atomic E-state index is 12.6. The fourth-order valence-electron chi connectivity index (χ4n) is 2.68. The van der Waals surface area contributed by atoms with E-state index in [1.165, 1.54) is 48.5 Å². The van der Waals surface area contributed by atoms with Gasteiger partial charge in [-0.05, 0) is 53.6 Å². The van der Waals surface area contributed by atoms with Crippen molar-refractivity contribution < 1.29 is 26.7 Å². The number of alkyl halides is 2. The first-order valence-corrected chi connectivity index (χ1v) is 10.8. The average Bonchev–Trinajstić information content (AvgIpc) is 2.74. The highest BCUT2D eigenvalue weighted by Crippen LogP contribution is 2.21. The Kier molecular flexibility index (Phi) is 7.14. The Hall–Kier alpha value is -3.53. The van der Waals surface area contributed by atoms with Gasteiger partial charge in [-0.3, -0.25) is 4.98 Å². The molecule has 2 aromatic carbocycles. The molecule has 2 N–H and O–H groups in total. The number of benzene rings is 2. The number of amides is 2. The molecular weight excluding hydrogens is 428 g/mol. The lowest BCUT2D eigenvalue weighted by atomic mass is 10.2. The molecule has 1 aromatic heterocycles. The Morgan fingerprint density at radius 1 is 1.00 bits per heavy atom. The third kappa shape index (κ3) is 6.75. The number of anilines is 1. The van der Waals surface area contributed by atoms with Crippen LogP contribution >= 0.6 is 0 Å². The molecule has 0 atom stereocenters. The Bertz CT molecular complexity index is 1110. The summed E-state index contributed by atoms with van der Waals surface area (Å²) in [4.78, 5) is 16.0. The van der Waals surface area contributed by atoms with Crippen LogP contribution in [-0.4, -0.2) is 26.0 Å². The van der Waals surface area contributed by atoms with Gasteiger partial charge in [0.15, 0.2) is 9.84 Å². The van der Waals surface area contributed by atoms with Crippen LogP contribution in [0.5, 0.6) is 5.75 Å². The molecular formula is C21H19F2N3O4S. The second-order valence-corrected chi connectivity index (χ2v) is 8.46. The highest BCUT2D eigenvalue weighted by Gasteiger charge is 2.16. The molecule has 0 fully saturated rings. The van der Waals surface area contributed by atoms with Gasteiger partial charge in [0.05, 0.1) is 10.6 Å². The fourth-order valence-corrected chi connectivity index (χ4v) is 4.02. The van der Waals surface area contributed by atoms with E-state index in [-0.39, 0.29) is 16.4 Å². The molecule has 0 unspecified atom stereocenters. The summed E-state index contributed by atoms with van der Waals surface area (Å²) in [6.45, 7) is -2.65. The van der Waals surface area contributed by atoms with E-state index in [1.54, 1.807) is 18.5 Å². The van der Waals surface area contributed by atoms with E-state index >= 15 is 0 Å². The lowest BCUT2D eigenvalue weighted by molar-refractivity contribution is -0.0498. The zero-order valence-electron chi connectivity index (χ0n) is 16.2. The smallest absolute Gasteiger partial charge is 0.387 e. The maximum atomic E-state index is 12.6. The zero-order valence-corrected chi connectivity index (χ0v) is 17.0. The summed E-state index contributed by atoms with van der Waals surface area (Å²) < 4.78 is 53.8. The molecule has 3 rings (SSSR count). The SMILES string of the molecule is O=C(NCc1cccnc1)Nc1ccc(S(=O)(=O)Cc2ccc(OC(F)F)cc2)cc1. The first-order valence-electron chi connectivity index (χ1n) is 9.12. The summed E-state index contributed by atoms with van der Waals surface area (Å²) in [6.07, 6.45) is 3.27. The van der Waals surface area contributed by atoms with Gasteiger partial charge in [0, 0.05) is 24.6 Å². The number of carbonyl (C=O) groups is 1. The van der Waals surface area contributed by atoms with Gasteiger partial charge in [0.2, 0.25) is 0 Å². The topological polar surface area (TPSA) is 97.4 Å². The van der Waals surface area contributed by atoms with E-state index in [9.17, 15) is 22.0 Å². The molecule has 0 saturated heterocycles. The number of ether oxygens (including phenoxy) is 1. The summed E-state index contributed by atoms with van der Waals surface area (Å²) in [7, 11) is -3.66. The van der Waals surface area contributed by atoms with Gasteiger partial charge < -0.3 is 15.4 Å². The number of hydrogen-bond acceptors (Lipinski definition) is 5. The Morgan fingerprint density at radius 2 is 1.71 bits per heavy atom. The minimum absolute atomic E-state index is 0.0478. The molecule has 0 aliphatic carbocycles. The van der Waals surface area contributed by atoms with Crippen LogP contribution < -0.4 is 15.4 Å². The lowest BCUT2D eigenvalue weighted by Gasteiger charge is -2.09. The summed E-state index contributed by atoms with van der Waals surface area (Å²) >= 11 is 0. The number of halogens is 2. The van der Waals surface area contributed by atoms with Crippen LogP contribution in [0.4, 0.5) is 19.3 Å². The van der Waals surface area contributed by atoms with Crippen LogP contribution in [0.15, 0.2) is 78.0 Å². The normalized spacial score (nSPS) is 11.2. The van der Waals surface area contributed by atoms with Crippen LogP contribution in [0.2, 0.25) is 0 Å². The monoisotopic (exact) mass is 447 g/mol. The van der Waals surface area contributed by atoms with Crippen LogP contribution in [0.1, 0.15) is 11.1 Å². The van der Waals surface area contributed by atoms with Crippen LogP contribution in [-0.2, 0) is 22.1 Å². The second-order valence-electron chi connectivity index (χ2n) is 6.47. The third-order valence-electron chi connectivity index (χ3n) is 4.15. The summed E-state index contributed by atoms with van der Waals surface area (Å²) in [5.41, 5.74) is 1.70. The van der Waals surface area contributed by atoms with E-state index < -0.39 is 22.5 Å². The first kappa shape index (κ1) is 22.2. The van der Waals surface area contributed by atoms with Crippen molar-refractivity contribution in [2.75, 3.05) is 5.32 Å². The average molecular weight is 447 g/mol. The molecule has 0 spiro atoms. The van der Waals surface area contributed by atoms with Crippen molar-refractivity contribution in [2.24, 2.45) is 0 Å². The van der Waals surface area contributed by atoms with E-state index in [0.29, 0.717) is 17.8 Å². The van der Waals surface area contributed by atoms with Gasteiger partial charge in [-0.1, -0.05) is 18.2 Å². The van der Waals surface area contributed by atoms with Crippen molar-refractivity contribution in [1.29, 1.82) is 0 Å². The van der Waals surface area contributed by atoms with Crippen LogP contribution in [0, 0.1) is 0 Å². The van der Waals surface area contributed by atoms with Gasteiger partial charge in [0.1, 0.15) is 5.75 Å². The van der Waals surface area contributed by atoms with Gasteiger partial charge >= 0.3 is 12.6 Å². The predicted octanol–water partition coefficient (Wildman–Crippen LogP) is 3.98. The van der Waals surface area contributed by atoms with E-state index in [4.69, 9.17) is 0 Å². The van der Waals surface area contributed by atoms with Crippen molar-refractivity contribution in [3.8, 4) is 5.75 Å². The second kappa shape index (κ2) is 9.98. The molecule has 10 heteroatoms. The molecule has 0 aliphatic rings. The largest absolute Gasteiger partial charge is 0.435 e. The molecule has 162 valence electrons. The number of pyridine rings is 1. The predicted molar refractivity (Wildman–Crippen MR) is 111 cm³/mol. The van der Waals surface area contributed by atoms with Crippen LogP contribution in [0.3, 0.4) is 0 Å². The summed E-state index contributed by atoms with van der Waals surface area (Å²) in [5, 5.41) is 5.30. The minimum Gasteiger partial charge on any atom is -0.435 e. The third-order valence-corrected chi connectivity index (χ3v) is 5.86. The molecule has 31 heavy (non-hydrogen) atoms. The number of carbonyl (C=O) groups excluding carboxylic acids is 1. The van der Waals surface area contributed by atoms with Crippen molar-refractivity contribution in [1.82, 2.24) is 10.3 Å². The van der Waals surface area contributed by atoms with Crippen molar-refractivity contribution >= 4 is 21.6 Å². The highest BCUT2D eigenvalue weighted by atomic mass is 32.2. The van der Waals surface area contributed by atoms with Crippen molar-refractivity contribution in [2.45, 2.75) is 23.8 Å². The standard InChI is InChI=1S/C21H19F2N3O4S/c22-20(23)30-18-7-3-15(4-8-18)14-31(28,29)19-9-5-17(6-10-19)26-21(27)25-13-16-2-1-11-24-12-16/h1-12,20H,13-14H2,(H2,25,26,27). The quantitative estimate of drug-likeness (QED) is 0.545. The number of rotatable bonds is 8. The van der Waals surface area contributed by atoms with Crippen molar-refractivity contribution in [3.63, 3.8) is 0 Å². The highest BCUT2D eigenvalue weighted by molar-refractivity contribution is 7.90. The molecule has 3 aromatic rings. The van der Waals surface area contributed by atoms with Gasteiger partial charge in [-0.15, -0.1) is 0 Å². The molecule has 0 saturated carbocycles. The fraction of sp³-hybridized carbons (Fsp3) is 0.143. The van der Waals surface area contributed by atoms with Gasteiger partial charge in [0.25, 0.3) is 0 Å². The Balaban J connectivity index is 1.57. The van der Waals surface area contributed by atoms with E-state index in [1.807, 2.05) is 6.07 Å². The molecule has 7 nitrogen and oxygen atoms in total. The number of aromatic nitrogens is 1. The molecule has 0 bridgehead atoms. The van der Waals surface area contributed by atoms with Gasteiger partial charge in [-0.25, -0.2) is 13.2 Å². The number of nitrogens with zero attached hydrogens (tertiary/aromatic N) is 1. The Labute approximate surface area is 178 Å². The molecule has 0 radical (unpaired) electrons. The van der Waals surface area contributed by atoms with Crippen molar-refractivity contribution in [3.05, 3.63) is 84.2 Å². The summed E-state index contributed by atoms with van der Waals surface area (Å²) in [5.74, 6) is -0.353. The zero-order chi connectivity index (χ0) is 22.3. The Morgan fingerprint density at radius 3 is 2.32 bits per heavy atom. The van der Waals surface area contributed by atoms with E-state index in [0.717, 1.165) is 5.56 Å². The van der Waals surface area contributed by atoms with Gasteiger partial charge in [-0.2, -0.15) is 8.78 Å². The minimum atomic E-state index is -3.66. The molecule has 0 aliphatic heterocycles. The summed E-state index contributed by atoms with van der Waals surface area (Å²) in [6, 6.07) is 14.3. The molecule has 1 heterocycles. The van der Waals surface area contributed by atoms with E-state index in [2.05, 4.69) is 20.4 Å². The number of sulfone groups is 1. The lowest BCUT2D eigenvalue weighted by Crippen LogP contribution is -2.28. The molecule has 2 amide bonds. The van der Waals surface area contributed by atoms with Crippen LogP contribution in [0.25, 0.3) is 0 Å². The maximum Gasteiger partial charge on any atom is 0.387 e. The first-order chi connectivity index (χ1) is 14.8. The number of hydrogen-bond donors (Lipinski definition) is 2.